The average Bonchev–Trinajstić information content (AvgIpc) is 2.23. The van der Waals surface area contributed by atoms with Gasteiger partial charge in [0.2, 0.25) is 5.91 Å². The Bertz CT molecular complexity index is 385. The molecule has 1 unspecified atom stereocenters. The summed E-state index contributed by atoms with van der Waals surface area (Å²) in [6.45, 7) is -0.161. The SMILES string of the molecule is CNC(COc1cc(F)ccc1F)C(N)=O. The van der Waals surface area contributed by atoms with Gasteiger partial charge >= 0.3 is 0 Å². The Morgan fingerprint density at radius 2 is 2.25 bits per heavy atom. The van der Waals surface area contributed by atoms with Gasteiger partial charge in [-0.2, -0.15) is 0 Å². The molecular weight excluding hydrogens is 218 g/mol. The molecule has 0 radical (unpaired) electrons. The molecule has 0 aliphatic heterocycles. The second-order valence-electron chi connectivity index (χ2n) is 3.13. The fourth-order valence-corrected chi connectivity index (χ4v) is 1.07. The Morgan fingerprint density at radius 3 is 2.81 bits per heavy atom. The van der Waals surface area contributed by atoms with E-state index < -0.39 is 23.6 Å². The summed E-state index contributed by atoms with van der Waals surface area (Å²) in [6, 6.07) is 2.08. The van der Waals surface area contributed by atoms with Gasteiger partial charge in [-0.05, 0) is 19.2 Å². The number of benzene rings is 1. The molecule has 0 heterocycles. The van der Waals surface area contributed by atoms with E-state index in [1.165, 1.54) is 7.05 Å². The molecule has 0 aliphatic carbocycles. The van der Waals surface area contributed by atoms with E-state index in [1.54, 1.807) is 0 Å². The van der Waals surface area contributed by atoms with E-state index in [0.29, 0.717) is 0 Å². The number of likely N-dealkylation sites (N-methyl/N-ethyl adjacent to an activating group) is 1. The van der Waals surface area contributed by atoms with Crippen LogP contribution in [0, 0.1) is 11.6 Å². The van der Waals surface area contributed by atoms with Crippen LogP contribution in [0.15, 0.2) is 18.2 Å². The molecule has 0 bridgehead atoms. The minimum absolute atomic E-state index is 0.161. The number of amides is 1. The summed E-state index contributed by atoms with van der Waals surface area (Å²) in [5, 5.41) is 2.59. The molecule has 3 N–H and O–H groups in total. The molecule has 0 saturated heterocycles. The van der Waals surface area contributed by atoms with Crippen molar-refractivity contribution in [1.29, 1.82) is 0 Å². The van der Waals surface area contributed by atoms with Gasteiger partial charge in [-0.3, -0.25) is 4.79 Å². The Hall–Kier alpha value is -1.69. The van der Waals surface area contributed by atoms with Crippen molar-refractivity contribution in [1.82, 2.24) is 5.32 Å². The second-order valence-corrected chi connectivity index (χ2v) is 3.13. The maximum Gasteiger partial charge on any atom is 0.238 e. The van der Waals surface area contributed by atoms with Crippen molar-refractivity contribution in [2.24, 2.45) is 5.73 Å². The van der Waals surface area contributed by atoms with Crippen LogP contribution in [-0.4, -0.2) is 25.6 Å². The highest BCUT2D eigenvalue weighted by molar-refractivity contribution is 5.79. The van der Waals surface area contributed by atoms with Crippen LogP contribution in [0.3, 0.4) is 0 Å². The molecule has 0 aromatic heterocycles. The Balaban J connectivity index is 2.66. The molecule has 0 saturated carbocycles. The zero-order chi connectivity index (χ0) is 12.1. The van der Waals surface area contributed by atoms with Gasteiger partial charge in [0, 0.05) is 6.07 Å². The van der Waals surface area contributed by atoms with Crippen molar-refractivity contribution < 1.29 is 18.3 Å². The molecule has 4 nitrogen and oxygen atoms in total. The number of carbonyl (C=O) groups is 1. The lowest BCUT2D eigenvalue weighted by atomic mass is 10.3. The van der Waals surface area contributed by atoms with Crippen LogP contribution in [0.4, 0.5) is 8.78 Å². The molecule has 1 amide bonds. The molecule has 88 valence electrons. The molecular formula is C10H12F2N2O2. The van der Waals surface area contributed by atoms with E-state index in [0.717, 1.165) is 18.2 Å². The van der Waals surface area contributed by atoms with Crippen LogP contribution in [0.1, 0.15) is 0 Å². The number of halogens is 2. The minimum Gasteiger partial charge on any atom is -0.488 e. The molecule has 0 fully saturated rings. The third-order valence-corrected chi connectivity index (χ3v) is 1.99. The van der Waals surface area contributed by atoms with Crippen molar-refractivity contribution in [3.05, 3.63) is 29.8 Å². The van der Waals surface area contributed by atoms with Gasteiger partial charge in [-0.1, -0.05) is 0 Å². The fraction of sp³-hybridized carbons (Fsp3) is 0.300. The van der Waals surface area contributed by atoms with Crippen LogP contribution < -0.4 is 15.8 Å². The summed E-state index contributed by atoms with van der Waals surface area (Å²) >= 11 is 0. The summed E-state index contributed by atoms with van der Waals surface area (Å²) in [4.78, 5) is 10.8. The second kappa shape index (κ2) is 5.41. The summed E-state index contributed by atoms with van der Waals surface area (Å²) in [6.07, 6.45) is 0. The topological polar surface area (TPSA) is 64.3 Å². The normalized spacial score (nSPS) is 12.2. The molecule has 0 spiro atoms. The molecule has 1 aromatic rings. The van der Waals surface area contributed by atoms with Crippen LogP contribution >= 0.6 is 0 Å². The summed E-state index contributed by atoms with van der Waals surface area (Å²) < 4.78 is 30.8. The van der Waals surface area contributed by atoms with Crippen molar-refractivity contribution in [2.75, 3.05) is 13.7 Å². The number of hydrogen-bond donors (Lipinski definition) is 2. The van der Waals surface area contributed by atoms with Crippen LogP contribution in [0.2, 0.25) is 0 Å². The molecule has 6 heteroatoms. The first-order chi connectivity index (χ1) is 7.54. The lowest BCUT2D eigenvalue weighted by molar-refractivity contribution is -0.120. The largest absolute Gasteiger partial charge is 0.488 e. The smallest absolute Gasteiger partial charge is 0.238 e. The summed E-state index contributed by atoms with van der Waals surface area (Å²) in [5.41, 5.74) is 5.03. The number of hydrogen-bond acceptors (Lipinski definition) is 3. The van der Waals surface area contributed by atoms with E-state index in [9.17, 15) is 13.6 Å². The predicted octanol–water partition coefficient (Wildman–Crippen LogP) is 0.417. The minimum atomic E-state index is -0.748. The van der Waals surface area contributed by atoms with Gasteiger partial charge in [-0.15, -0.1) is 0 Å². The quantitative estimate of drug-likeness (QED) is 0.770. The van der Waals surface area contributed by atoms with Crippen molar-refractivity contribution in [3.8, 4) is 5.75 Å². The maximum atomic E-state index is 13.1. The molecule has 16 heavy (non-hydrogen) atoms. The summed E-state index contributed by atoms with van der Waals surface area (Å²) in [5.74, 6) is -2.18. The number of ether oxygens (including phenoxy) is 1. The highest BCUT2D eigenvalue weighted by Gasteiger charge is 2.14. The highest BCUT2D eigenvalue weighted by atomic mass is 19.1. The predicted molar refractivity (Wildman–Crippen MR) is 53.9 cm³/mol. The highest BCUT2D eigenvalue weighted by Crippen LogP contribution is 2.17. The lowest BCUT2D eigenvalue weighted by Crippen LogP contribution is -2.43. The van der Waals surface area contributed by atoms with Gasteiger partial charge in [0.05, 0.1) is 0 Å². The lowest BCUT2D eigenvalue weighted by Gasteiger charge is -2.13. The molecule has 1 rings (SSSR count). The Morgan fingerprint density at radius 1 is 1.56 bits per heavy atom. The van der Waals surface area contributed by atoms with Crippen LogP contribution in [0.25, 0.3) is 0 Å². The standard InChI is InChI=1S/C10H12F2N2O2/c1-14-8(10(13)15)5-16-9-4-6(11)2-3-7(9)12/h2-4,8,14H,5H2,1H3,(H2,13,15). The van der Waals surface area contributed by atoms with E-state index >= 15 is 0 Å². The first-order valence-electron chi connectivity index (χ1n) is 4.59. The van der Waals surface area contributed by atoms with E-state index in [4.69, 9.17) is 10.5 Å². The van der Waals surface area contributed by atoms with Crippen molar-refractivity contribution >= 4 is 5.91 Å². The van der Waals surface area contributed by atoms with Crippen LogP contribution in [-0.2, 0) is 4.79 Å². The third-order valence-electron chi connectivity index (χ3n) is 1.99. The average molecular weight is 230 g/mol. The van der Waals surface area contributed by atoms with Gasteiger partial charge in [0.15, 0.2) is 11.6 Å². The Labute approximate surface area is 91.4 Å². The third kappa shape index (κ3) is 3.16. The summed E-state index contributed by atoms with van der Waals surface area (Å²) in [7, 11) is 1.51. The number of nitrogens with one attached hydrogen (secondary N) is 1. The molecule has 1 atom stereocenters. The van der Waals surface area contributed by atoms with Gasteiger partial charge in [0.1, 0.15) is 18.5 Å². The van der Waals surface area contributed by atoms with Gasteiger partial charge in [0.25, 0.3) is 0 Å². The molecule has 1 aromatic carbocycles. The van der Waals surface area contributed by atoms with Crippen LogP contribution in [0.5, 0.6) is 5.75 Å². The first-order valence-corrected chi connectivity index (χ1v) is 4.59. The molecule has 0 aliphatic rings. The fourth-order valence-electron chi connectivity index (χ4n) is 1.07. The number of rotatable bonds is 5. The van der Waals surface area contributed by atoms with Crippen molar-refractivity contribution in [3.63, 3.8) is 0 Å². The van der Waals surface area contributed by atoms with E-state index in [-0.39, 0.29) is 12.4 Å². The zero-order valence-electron chi connectivity index (χ0n) is 8.67. The van der Waals surface area contributed by atoms with E-state index in [2.05, 4.69) is 5.32 Å². The van der Waals surface area contributed by atoms with Crippen molar-refractivity contribution in [2.45, 2.75) is 6.04 Å². The Kier molecular flexibility index (Phi) is 4.19. The number of primary amides is 1. The van der Waals surface area contributed by atoms with Gasteiger partial charge in [-0.25, -0.2) is 8.78 Å². The number of carbonyl (C=O) groups excluding carboxylic acids is 1. The number of nitrogens with two attached hydrogens (primary N) is 1. The first kappa shape index (κ1) is 12.4. The maximum absolute atomic E-state index is 13.1. The monoisotopic (exact) mass is 230 g/mol. The van der Waals surface area contributed by atoms with E-state index in [1.807, 2.05) is 0 Å². The zero-order valence-corrected chi connectivity index (χ0v) is 8.67. The van der Waals surface area contributed by atoms with Gasteiger partial charge < -0.3 is 15.8 Å².